The lowest BCUT2D eigenvalue weighted by atomic mass is 10.0. The maximum atomic E-state index is 3.88. The molecule has 90 valence electrons. The van der Waals surface area contributed by atoms with Crippen LogP contribution in [0.4, 0.5) is 0 Å². The molecule has 0 spiro atoms. The van der Waals surface area contributed by atoms with Crippen LogP contribution in [0, 0.1) is 0 Å². The van der Waals surface area contributed by atoms with Crippen molar-refractivity contribution in [1.29, 1.82) is 0 Å². The SMILES string of the molecule is CCCCC(CCC)NC1CCSCC1. The lowest BCUT2D eigenvalue weighted by molar-refractivity contribution is 0.364. The van der Waals surface area contributed by atoms with Gasteiger partial charge in [-0.05, 0) is 37.2 Å². The molecule has 1 fully saturated rings. The van der Waals surface area contributed by atoms with Crippen LogP contribution in [0.25, 0.3) is 0 Å². The minimum Gasteiger partial charge on any atom is -0.311 e. The maximum Gasteiger partial charge on any atom is 0.00853 e. The summed E-state index contributed by atoms with van der Waals surface area (Å²) in [7, 11) is 0. The van der Waals surface area contributed by atoms with Gasteiger partial charge in [0.05, 0.1) is 0 Å². The van der Waals surface area contributed by atoms with E-state index in [2.05, 4.69) is 30.9 Å². The van der Waals surface area contributed by atoms with Gasteiger partial charge in [0.25, 0.3) is 0 Å². The minimum atomic E-state index is 0.794. The first-order valence-corrected chi connectivity index (χ1v) is 7.86. The minimum absolute atomic E-state index is 0.794. The first-order valence-electron chi connectivity index (χ1n) is 6.70. The van der Waals surface area contributed by atoms with Crippen molar-refractivity contribution in [1.82, 2.24) is 5.32 Å². The summed E-state index contributed by atoms with van der Waals surface area (Å²) in [4.78, 5) is 0. The molecule has 1 atom stereocenters. The fraction of sp³-hybridized carbons (Fsp3) is 1.00. The molecule has 1 aliphatic rings. The van der Waals surface area contributed by atoms with Crippen LogP contribution in [0.15, 0.2) is 0 Å². The van der Waals surface area contributed by atoms with E-state index in [1.165, 1.54) is 56.5 Å². The van der Waals surface area contributed by atoms with Gasteiger partial charge in [-0.3, -0.25) is 0 Å². The van der Waals surface area contributed by atoms with Crippen molar-refractivity contribution in [2.75, 3.05) is 11.5 Å². The molecule has 0 saturated carbocycles. The molecule has 1 heterocycles. The van der Waals surface area contributed by atoms with Crippen LogP contribution >= 0.6 is 11.8 Å². The fourth-order valence-electron chi connectivity index (χ4n) is 2.31. The molecule has 0 aromatic carbocycles. The van der Waals surface area contributed by atoms with Crippen LogP contribution in [0.5, 0.6) is 0 Å². The Balaban J connectivity index is 2.21. The van der Waals surface area contributed by atoms with E-state index in [9.17, 15) is 0 Å². The molecule has 0 amide bonds. The zero-order valence-electron chi connectivity index (χ0n) is 10.4. The fourth-order valence-corrected chi connectivity index (χ4v) is 3.41. The second kappa shape index (κ2) is 8.46. The predicted octanol–water partition coefficient (Wildman–Crippen LogP) is 3.83. The molecule has 1 N–H and O–H groups in total. The molecule has 15 heavy (non-hydrogen) atoms. The van der Waals surface area contributed by atoms with Crippen molar-refractivity contribution >= 4 is 11.8 Å². The highest BCUT2D eigenvalue weighted by atomic mass is 32.2. The molecule has 1 rings (SSSR count). The van der Waals surface area contributed by atoms with Gasteiger partial charge in [0.2, 0.25) is 0 Å². The average molecular weight is 229 g/mol. The number of thioether (sulfide) groups is 1. The van der Waals surface area contributed by atoms with Gasteiger partial charge >= 0.3 is 0 Å². The summed E-state index contributed by atoms with van der Waals surface area (Å²) < 4.78 is 0. The van der Waals surface area contributed by atoms with Gasteiger partial charge in [-0.1, -0.05) is 33.1 Å². The van der Waals surface area contributed by atoms with Gasteiger partial charge in [0.1, 0.15) is 0 Å². The molecule has 0 aromatic heterocycles. The lowest BCUT2D eigenvalue weighted by Gasteiger charge is -2.28. The van der Waals surface area contributed by atoms with Gasteiger partial charge in [-0.15, -0.1) is 0 Å². The highest BCUT2D eigenvalue weighted by Gasteiger charge is 2.17. The molecule has 1 nitrogen and oxygen atoms in total. The van der Waals surface area contributed by atoms with Crippen LogP contribution in [0.2, 0.25) is 0 Å². The quantitative estimate of drug-likeness (QED) is 0.712. The van der Waals surface area contributed by atoms with Crippen molar-refractivity contribution in [3.05, 3.63) is 0 Å². The van der Waals surface area contributed by atoms with Crippen molar-refractivity contribution in [3.8, 4) is 0 Å². The number of unbranched alkanes of at least 4 members (excludes halogenated alkanes) is 1. The molecular formula is C13H27NS. The number of rotatable bonds is 7. The van der Waals surface area contributed by atoms with Crippen molar-refractivity contribution in [2.45, 2.75) is 70.9 Å². The largest absolute Gasteiger partial charge is 0.311 e. The van der Waals surface area contributed by atoms with Crippen molar-refractivity contribution < 1.29 is 0 Å². The maximum absolute atomic E-state index is 3.88. The van der Waals surface area contributed by atoms with Crippen molar-refractivity contribution in [2.24, 2.45) is 0 Å². The Kier molecular flexibility index (Phi) is 7.54. The second-order valence-corrected chi connectivity index (χ2v) is 5.91. The summed E-state index contributed by atoms with van der Waals surface area (Å²) in [5.74, 6) is 2.73. The second-order valence-electron chi connectivity index (χ2n) is 4.68. The van der Waals surface area contributed by atoms with Crippen LogP contribution in [0.3, 0.4) is 0 Å². The Morgan fingerprint density at radius 2 is 1.87 bits per heavy atom. The summed E-state index contributed by atoms with van der Waals surface area (Å²) in [5.41, 5.74) is 0. The van der Waals surface area contributed by atoms with Crippen LogP contribution in [-0.4, -0.2) is 23.6 Å². The lowest BCUT2D eigenvalue weighted by Crippen LogP contribution is -2.40. The van der Waals surface area contributed by atoms with Gasteiger partial charge in [0.15, 0.2) is 0 Å². The third-order valence-electron chi connectivity index (χ3n) is 3.24. The zero-order valence-corrected chi connectivity index (χ0v) is 11.2. The van der Waals surface area contributed by atoms with Crippen LogP contribution in [-0.2, 0) is 0 Å². The van der Waals surface area contributed by atoms with Crippen molar-refractivity contribution in [3.63, 3.8) is 0 Å². The number of hydrogen-bond acceptors (Lipinski definition) is 2. The van der Waals surface area contributed by atoms with E-state index in [0.29, 0.717) is 0 Å². The highest BCUT2D eigenvalue weighted by Crippen LogP contribution is 2.19. The Labute approximate surface area is 99.8 Å². The molecular weight excluding hydrogens is 202 g/mol. The van der Waals surface area contributed by atoms with Crippen LogP contribution < -0.4 is 5.32 Å². The summed E-state index contributed by atoms with van der Waals surface area (Å²) in [5, 5.41) is 3.88. The Morgan fingerprint density at radius 3 is 2.47 bits per heavy atom. The van der Waals surface area contributed by atoms with E-state index >= 15 is 0 Å². The van der Waals surface area contributed by atoms with Gasteiger partial charge in [-0.25, -0.2) is 0 Å². The molecule has 0 radical (unpaired) electrons. The summed E-state index contributed by atoms with van der Waals surface area (Å²) in [6.07, 6.45) is 9.57. The van der Waals surface area contributed by atoms with Gasteiger partial charge < -0.3 is 5.32 Å². The van der Waals surface area contributed by atoms with E-state index in [-0.39, 0.29) is 0 Å². The standard InChI is InChI=1S/C13H27NS/c1-3-5-7-12(6-4-2)14-13-8-10-15-11-9-13/h12-14H,3-11H2,1-2H3. The molecule has 1 unspecified atom stereocenters. The van der Waals surface area contributed by atoms with Crippen LogP contribution in [0.1, 0.15) is 58.8 Å². The topological polar surface area (TPSA) is 12.0 Å². The predicted molar refractivity (Wildman–Crippen MR) is 71.7 cm³/mol. The normalized spacial score (nSPS) is 20.4. The summed E-state index contributed by atoms with van der Waals surface area (Å²) in [6, 6.07) is 1.61. The van der Waals surface area contributed by atoms with Gasteiger partial charge in [0, 0.05) is 12.1 Å². The van der Waals surface area contributed by atoms with Gasteiger partial charge in [-0.2, -0.15) is 11.8 Å². The molecule has 1 aliphatic heterocycles. The molecule has 0 aliphatic carbocycles. The van der Waals surface area contributed by atoms with E-state index in [0.717, 1.165) is 12.1 Å². The summed E-state index contributed by atoms with van der Waals surface area (Å²) >= 11 is 2.12. The molecule has 1 saturated heterocycles. The van der Waals surface area contributed by atoms with E-state index in [1.807, 2.05) is 0 Å². The molecule has 0 bridgehead atoms. The Morgan fingerprint density at radius 1 is 1.13 bits per heavy atom. The Hall–Kier alpha value is 0.310. The first-order chi connectivity index (χ1) is 7.36. The number of hydrogen-bond donors (Lipinski definition) is 1. The molecule has 2 heteroatoms. The first kappa shape index (κ1) is 13.4. The zero-order chi connectivity index (χ0) is 10.9. The van der Waals surface area contributed by atoms with E-state index in [4.69, 9.17) is 0 Å². The van der Waals surface area contributed by atoms with E-state index < -0.39 is 0 Å². The third-order valence-corrected chi connectivity index (χ3v) is 4.28. The summed E-state index contributed by atoms with van der Waals surface area (Å²) in [6.45, 7) is 4.59. The smallest absolute Gasteiger partial charge is 0.00853 e. The van der Waals surface area contributed by atoms with E-state index in [1.54, 1.807) is 0 Å². The third kappa shape index (κ3) is 5.82. The monoisotopic (exact) mass is 229 g/mol. The average Bonchev–Trinajstić information content (AvgIpc) is 2.28. The Bertz CT molecular complexity index is 143. The number of nitrogens with one attached hydrogen (secondary N) is 1. The highest BCUT2D eigenvalue weighted by molar-refractivity contribution is 7.99. The molecule has 0 aromatic rings.